The number of benzene rings is 1. The number of nitrogens with one attached hydrogen (secondary N) is 1. The van der Waals surface area contributed by atoms with E-state index in [2.05, 4.69) is 4.98 Å². The van der Waals surface area contributed by atoms with Crippen molar-refractivity contribution in [2.45, 2.75) is 26.4 Å². The van der Waals surface area contributed by atoms with Crippen molar-refractivity contribution >= 4 is 27.9 Å². The molecule has 2 aromatic heterocycles. The summed E-state index contributed by atoms with van der Waals surface area (Å²) in [6, 6.07) is 4.90. The minimum absolute atomic E-state index is 0.244. The fourth-order valence-corrected chi connectivity index (χ4v) is 2.58. The molecule has 0 aliphatic heterocycles. The Hall–Kier alpha value is -2.76. The van der Waals surface area contributed by atoms with Crippen molar-refractivity contribution in [2.24, 2.45) is 0 Å². The molecule has 0 saturated carbocycles. The number of H-pyrrole nitrogens is 1. The molecule has 0 fully saturated rings. The predicted octanol–water partition coefficient (Wildman–Crippen LogP) is 3.27. The van der Waals surface area contributed by atoms with Crippen molar-refractivity contribution in [3.63, 3.8) is 0 Å². The first kappa shape index (κ1) is 15.1. The smallest absolute Gasteiger partial charge is 0.419 e. The first-order valence-corrected chi connectivity index (χ1v) is 7.24. The monoisotopic (exact) mass is 314 g/mol. The lowest BCUT2D eigenvalue weighted by molar-refractivity contribution is 0.0551. The normalized spacial score (nSPS) is 11.8. The molecule has 0 atom stereocenters. The van der Waals surface area contributed by atoms with E-state index < -0.39 is 11.7 Å². The summed E-state index contributed by atoms with van der Waals surface area (Å²) in [6.07, 6.45) is 2.94. The summed E-state index contributed by atoms with van der Waals surface area (Å²) in [7, 11) is 1.45. The Morgan fingerprint density at radius 3 is 2.57 bits per heavy atom. The first-order chi connectivity index (χ1) is 10.8. The number of methoxy groups -OCH3 is 1. The molecule has 2 heterocycles. The van der Waals surface area contributed by atoms with Crippen molar-refractivity contribution in [3.8, 4) is 5.75 Å². The summed E-state index contributed by atoms with van der Waals surface area (Å²) in [6.45, 7) is 5.40. The summed E-state index contributed by atoms with van der Waals surface area (Å²) in [5.74, 6) is 0.244. The zero-order valence-corrected chi connectivity index (χ0v) is 13.5. The van der Waals surface area contributed by atoms with Crippen molar-refractivity contribution in [2.75, 3.05) is 7.11 Å². The van der Waals surface area contributed by atoms with Gasteiger partial charge in [0, 0.05) is 29.2 Å². The molecule has 0 spiro atoms. The third-order valence-electron chi connectivity index (χ3n) is 3.47. The Labute approximate surface area is 132 Å². The van der Waals surface area contributed by atoms with Crippen LogP contribution in [0.2, 0.25) is 0 Å². The quantitative estimate of drug-likeness (QED) is 0.748. The third kappa shape index (κ3) is 2.56. The summed E-state index contributed by atoms with van der Waals surface area (Å²) in [4.78, 5) is 27.7. The molecule has 0 unspecified atom stereocenters. The average Bonchev–Trinajstić information content (AvgIpc) is 2.77. The largest absolute Gasteiger partial charge is 0.493 e. The topological polar surface area (TPSA) is 73.3 Å². The van der Waals surface area contributed by atoms with E-state index in [-0.39, 0.29) is 11.2 Å². The lowest BCUT2D eigenvalue weighted by atomic mass is 10.2. The highest BCUT2D eigenvalue weighted by molar-refractivity contribution is 6.12. The Bertz CT molecular complexity index is 960. The number of rotatable bonds is 1. The minimum Gasteiger partial charge on any atom is -0.493 e. The summed E-state index contributed by atoms with van der Waals surface area (Å²) in [5.41, 5.74) is 0.228. The van der Waals surface area contributed by atoms with Gasteiger partial charge in [0.1, 0.15) is 5.60 Å². The van der Waals surface area contributed by atoms with E-state index in [1.54, 1.807) is 39.2 Å². The van der Waals surface area contributed by atoms with Gasteiger partial charge >= 0.3 is 6.09 Å². The molecule has 0 aliphatic carbocycles. The van der Waals surface area contributed by atoms with Crippen LogP contribution in [-0.2, 0) is 4.74 Å². The van der Waals surface area contributed by atoms with Gasteiger partial charge < -0.3 is 14.5 Å². The van der Waals surface area contributed by atoms with Crippen LogP contribution in [-0.4, -0.2) is 28.4 Å². The Morgan fingerprint density at radius 1 is 1.17 bits per heavy atom. The van der Waals surface area contributed by atoms with E-state index in [9.17, 15) is 9.59 Å². The molecule has 3 aromatic rings. The zero-order valence-electron chi connectivity index (χ0n) is 13.5. The number of fused-ring (bicyclic) bond motifs is 3. The van der Waals surface area contributed by atoms with E-state index in [1.165, 1.54) is 17.7 Å². The van der Waals surface area contributed by atoms with Crippen LogP contribution in [0.25, 0.3) is 21.8 Å². The van der Waals surface area contributed by atoms with Gasteiger partial charge in [0.05, 0.1) is 18.1 Å². The maximum absolute atomic E-state index is 12.6. The highest BCUT2D eigenvalue weighted by atomic mass is 16.6. The van der Waals surface area contributed by atoms with Gasteiger partial charge in [0.25, 0.3) is 0 Å². The van der Waals surface area contributed by atoms with Crippen LogP contribution in [0, 0.1) is 0 Å². The molecule has 0 aliphatic rings. The van der Waals surface area contributed by atoms with Gasteiger partial charge in [-0.15, -0.1) is 0 Å². The molecule has 0 radical (unpaired) electrons. The highest BCUT2D eigenvalue weighted by Gasteiger charge is 2.23. The lowest BCUT2D eigenvalue weighted by Crippen LogP contribution is -2.27. The number of carbonyl (C=O) groups excluding carboxylic acids is 1. The molecule has 3 rings (SSSR count). The second-order valence-corrected chi connectivity index (χ2v) is 6.28. The third-order valence-corrected chi connectivity index (χ3v) is 3.47. The van der Waals surface area contributed by atoms with Gasteiger partial charge in [0.15, 0.2) is 5.75 Å². The fraction of sp³-hybridized carbons (Fsp3) is 0.294. The minimum atomic E-state index is -0.634. The maximum atomic E-state index is 12.6. The first-order valence-electron chi connectivity index (χ1n) is 7.24. The molecular formula is C17H18N2O4. The van der Waals surface area contributed by atoms with Crippen molar-refractivity contribution < 1.29 is 14.3 Å². The maximum Gasteiger partial charge on any atom is 0.419 e. The number of aromatic nitrogens is 2. The second-order valence-electron chi connectivity index (χ2n) is 6.28. The van der Waals surface area contributed by atoms with Gasteiger partial charge in [-0.05, 0) is 32.9 Å². The fourth-order valence-electron chi connectivity index (χ4n) is 2.58. The number of hydrogen-bond donors (Lipinski definition) is 1. The van der Waals surface area contributed by atoms with Gasteiger partial charge in [0.2, 0.25) is 5.43 Å². The molecular weight excluding hydrogens is 296 g/mol. The molecule has 23 heavy (non-hydrogen) atoms. The number of carbonyl (C=O) groups is 1. The van der Waals surface area contributed by atoms with Crippen LogP contribution >= 0.6 is 0 Å². The molecule has 0 amide bonds. The highest BCUT2D eigenvalue weighted by Crippen LogP contribution is 2.30. The predicted molar refractivity (Wildman–Crippen MR) is 88.2 cm³/mol. The van der Waals surface area contributed by atoms with Crippen LogP contribution in [0.1, 0.15) is 20.8 Å². The lowest BCUT2D eigenvalue weighted by Gasteiger charge is -2.20. The van der Waals surface area contributed by atoms with E-state index in [0.717, 1.165) is 10.8 Å². The number of ether oxygens (including phenoxy) is 2. The second kappa shape index (κ2) is 5.15. The summed E-state index contributed by atoms with van der Waals surface area (Å²) >= 11 is 0. The molecule has 1 aromatic carbocycles. The van der Waals surface area contributed by atoms with Crippen LogP contribution in [0.15, 0.2) is 35.4 Å². The SMILES string of the molecule is COc1cc2c3cc[nH]cc3n(C(=O)OC(C)(C)C)c2cc1=O. The van der Waals surface area contributed by atoms with Gasteiger partial charge in [-0.25, -0.2) is 9.36 Å². The van der Waals surface area contributed by atoms with Crippen LogP contribution in [0.4, 0.5) is 4.79 Å². The van der Waals surface area contributed by atoms with E-state index in [4.69, 9.17) is 9.47 Å². The van der Waals surface area contributed by atoms with E-state index in [1.807, 2.05) is 6.07 Å². The number of aromatic amines is 1. The van der Waals surface area contributed by atoms with Gasteiger partial charge in [-0.2, -0.15) is 0 Å². The van der Waals surface area contributed by atoms with Gasteiger partial charge in [-0.3, -0.25) is 4.79 Å². The van der Waals surface area contributed by atoms with Gasteiger partial charge in [-0.1, -0.05) is 0 Å². The Morgan fingerprint density at radius 2 is 1.91 bits per heavy atom. The Kier molecular flexibility index (Phi) is 3.39. The van der Waals surface area contributed by atoms with Crippen molar-refractivity contribution in [1.29, 1.82) is 0 Å². The van der Waals surface area contributed by atoms with E-state index >= 15 is 0 Å². The molecule has 6 nitrogen and oxygen atoms in total. The Balaban J connectivity index is 2.36. The molecule has 120 valence electrons. The molecule has 1 N–H and O–H groups in total. The number of hydrogen-bond acceptors (Lipinski definition) is 4. The zero-order chi connectivity index (χ0) is 16.8. The van der Waals surface area contributed by atoms with Crippen LogP contribution < -0.4 is 10.2 Å². The van der Waals surface area contributed by atoms with Crippen LogP contribution in [0.5, 0.6) is 5.75 Å². The summed E-state index contributed by atoms with van der Waals surface area (Å²) in [5, 5.41) is 1.60. The summed E-state index contributed by atoms with van der Waals surface area (Å²) < 4.78 is 12.0. The van der Waals surface area contributed by atoms with Crippen molar-refractivity contribution in [1.82, 2.24) is 9.55 Å². The van der Waals surface area contributed by atoms with Crippen molar-refractivity contribution in [3.05, 3.63) is 40.8 Å². The molecule has 6 heteroatoms. The molecule has 0 saturated heterocycles. The molecule has 0 bridgehead atoms. The van der Waals surface area contributed by atoms with E-state index in [0.29, 0.717) is 11.0 Å². The number of nitrogens with zero attached hydrogens (tertiary/aromatic N) is 1. The van der Waals surface area contributed by atoms with Crippen LogP contribution in [0.3, 0.4) is 0 Å². The standard InChI is InChI=1S/C17H18N2O4/c1-17(2,3)23-16(21)19-12-8-14(20)15(22-4)7-11(12)10-5-6-18-9-13(10)19/h5-9,18H,1-4H3. The average molecular weight is 314 g/mol. The number of pyridine rings is 1.